The summed E-state index contributed by atoms with van der Waals surface area (Å²) in [6, 6.07) is 8.20. The van der Waals surface area contributed by atoms with Crippen LogP contribution in [-0.4, -0.2) is 11.9 Å². The van der Waals surface area contributed by atoms with E-state index in [0.29, 0.717) is 6.42 Å². The summed E-state index contributed by atoms with van der Waals surface area (Å²) < 4.78 is 1.05. The normalized spacial score (nSPS) is 14.0. The molecule has 1 aromatic rings. The maximum Gasteiger partial charge on any atom is 0.220 e. The third kappa shape index (κ3) is 5.19. The molecule has 0 spiro atoms. The molecule has 0 aliphatic rings. The minimum Gasteiger partial charge on any atom is -0.349 e. The molecule has 0 aromatic heterocycles. The van der Waals surface area contributed by atoms with E-state index in [2.05, 4.69) is 28.2 Å². The van der Waals surface area contributed by atoms with E-state index in [9.17, 15) is 4.79 Å². The molecule has 0 bridgehead atoms. The van der Waals surface area contributed by atoms with E-state index in [1.807, 2.05) is 31.2 Å². The molecule has 0 saturated carbocycles. The number of carbonyl (C=O) groups is 1. The van der Waals surface area contributed by atoms with Crippen molar-refractivity contribution in [2.24, 2.45) is 5.73 Å². The lowest BCUT2D eigenvalue weighted by Crippen LogP contribution is -2.29. The summed E-state index contributed by atoms with van der Waals surface area (Å²) in [6.45, 7) is 3.98. The highest BCUT2D eigenvalue weighted by Crippen LogP contribution is 2.19. The smallest absolute Gasteiger partial charge is 0.220 e. The molecule has 4 heteroatoms. The summed E-state index contributed by atoms with van der Waals surface area (Å²) in [5.74, 6) is 0.0714. The number of nitrogens with one attached hydrogen (secondary N) is 1. The average molecular weight is 313 g/mol. The van der Waals surface area contributed by atoms with Crippen LogP contribution >= 0.6 is 15.9 Å². The van der Waals surface area contributed by atoms with Crippen LogP contribution in [0.3, 0.4) is 0 Å². The van der Waals surface area contributed by atoms with E-state index in [1.165, 1.54) is 0 Å². The van der Waals surface area contributed by atoms with E-state index >= 15 is 0 Å². The Kier molecular flexibility index (Phi) is 6.36. The molecule has 0 fully saturated rings. The van der Waals surface area contributed by atoms with Crippen LogP contribution < -0.4 is 11.1 Å². The lowest BCUT2D eigenvalue weighted by Gasteiger charge is -2.18. The maximum atomic E-state index is 11.8. The molecule has 18 heavy (non-hydrogen) atoms. The van der Waals surface area contributed by atoms with Gasteiger partial charge in [0.25, 0.3) is 0 Å². The molecular weight excluding hydrogens is 292 g/mol. The molecule has 3 nitrogen and oxygen atoms in total. The van der Waals surface area contributed by atoms with Crippen LogP contribution in [0.4, 0.5) is 0 Å². The van der Waals surface area contributed by atoms with Gasteiger partial charge >= 0.3 is 0 Å². The van der Waals surface area contributed by atoms with E-state index in [1.54, 1.807) is 0 Å². The number of benzene rings is 1. The van der Waals surface area contributed by atoms with Gasteiger partial charge in [-0.1, -0.05) is 35.0 Å². The SMILES string of the molecule is CCC(NC(=O)CCC(C)N)c1ccc(Br)cc1. The summed E-state index contributed by atoms with van der Waals surface area (Å²) in [7, 11) is 0. The summed E-state index contributed by atoms with van der Waals surface area (Å²) in [4.78, 5) is 11.8. The van der Waals surface area contributed by atoms with Crippen molar-refractivity contribution in [1.82, 2.24) is 5.32 Å². The quantitative estimate of drug-likeness (QED) is 0.847. The Morgan fingerprint density at radius 1 is 1.39 bits per heavy atom. The predicted octanol–water partition coefficient (Wildman–Crippen LogP) is 3.14. The van der Waals surface area contributed by atoms with Gasteiger partial charge in [0.2, 0.25) is 5.91 Å². The lowest BCUT2D eigenvalue weighted by molar-refractivity contribution is -0.122. The fourth-order valence-corrected chi connectivity index (χ4v) is 2.01. The van der Waals surface area contributed by atoms with Gasteiger partial charge in [0.1, 0.15) is 0 Å². The van der Waals surface area contributed by atoms with Crippen LogP contribution in [-0.2, 0) is 4.79 Å². The Labute approximate surface area is 117 Å². The minimum absolute atomic E-state index is 0.0714. The molecule has 2 atom stereocenters. The number of nitrogens with two attached hydrogens (primary N) is 1. The first-order valence-electron chi connectivity index (χ1n) is 6.33. The van der Waals surface area contributed by atoms with Gasteiger partial charge in [0.05, 0.1) is 6.04 Å². The molecule has 1 amide bonds. The van der Waals surface area contributed by atoms with Crippen LogP contribution in [0.15, 0.2) is 28.7 Å². The molecule has 1 rings (SSSR count). The Morgan fingerprint density at radius 2 is 2.00 bits per heavy atom. The fraction of sp³-hybridized carbons (Fsp3) is 0.500. The fourth-order valence-electron chi connectivity index (χ4n) is 1.74. The summed E-state index contributed by atoms with van der Waals surface area (Å²) in [5, 5.41) is 3.05. The van der Waals surface area contributed by atoms with E-state index in [4.69, 9.17) is 5.73 Å². The molecule has 0 heterocycles. The third-order valence-corrected chi connectivity index (χ3v) is 3.37. The molecule has 0 radical (unpaired) electrons. The van der Waals surface area contributed by atoms with Crippen molar-refractivity contribution >= 4 is 21.8 Å². The van der Waals surface area contributed by atoms with Crippen molar-refractivity contribution in [3.05, 3.63) is 34.3 Å². The summed E-state index contributed by atoms with van der Waals surface area (Å²) in [5.41, 5.74) is 6.78. The molecule has 2 unspecified atom stereocenters. The number of halogens is 1. The molecule has 0 aliphatic heterocycles. The van der Waals surface area contributed by atoms with Gasteiger partial charge in [-0.2, -0.15) is 0 Å². The second-order valence-electron chi connectivity index (χ2n) is 4.60. The second kappa shape index (κ2) is 7.54. The minimum atomic E-state index is 0.0714. The van der Waals surface area contributed by atoms with E-state index in [0.717, 1.165) is 22.9 Å². The highest BCUT2D eigenvalue weighted by Gasteiger charge is 2.12. The standard InChI is InChI=1S/C14H21BrN2O/c1-3-13(11-5-7-12(15)8-6-11)17-14(18)9-4-10(2)16/h5-8,10,13H,3-4,9,16H2,1-2H3,(H,17,18). The molecule has 0 saturated heterocycles. The van der Waals surface area contributed by atoms with E-state index < -0.39 is 0 Å². The summed E-state index contributed by atoms with van der Waals surface area (Å²) >= 11 is 3.41. The van der Waals surface area contributed by atoms with Crippen molar-refractivity contribution in [2.75, 3.05) is 0 Å². The predicted molar refractivity (Wildman–Crippen MR) is 78.2 cm³/mol. The molecule has 3 N–H and O–H groups in total. The molecular formula is C14H21BrN2O. The molecule has 100 valence electrons. The Balaban J connectivity index is 2.56. The zero-order valence-corrected chi connectivity index (χ0v) is 12.5. The van der Waals surface area contributed by atoms with Gasteiger partial charge in [0.15, 0.2) is 0 Å². The van der Waals surface area contributed by atoms with Crippen molar-refractivity contribution in [1.29, 1.82) is 0 Å². The topological polar surface area (TPSA) is 55.1 Å². The molecule has 1 aromatic carbocycles. The van der Waals surface area contributed by atoms with Gasteiger partial charge in [-0.3, -0.25) is 4.79 Å². The Morgan fingerprint density at radius 3 is 2.50 bits per heavy atom. The highest BCUT2D eigenvalue weighted by molar-refractivity contribution is 9.10. The van der Waals surface area contributed by atoms with Crippen LogP contribution in [0, 0.1) is 0 Å². The largest absolute Gasteiger partial charge is 0.349 e. The first kappa shape index (κ1) is 15.2. The third-order valence-electron chi connectivity index (χ3n) is 2.84. The number of hydrogen-bond acceptors (Lipinski definition) is 2. The van der Waals surface area contributed by atoms with Crippen molar-refractivity contribution in [3.63, 3.8) is 0 Å². The Bertz CT molecular complexity index is 376. The van der Waals surface area contributed by atoms with Gasteiger partial charge in [-0.25, -0.2) is 0 Å². The van der Waals surface area contributed by atoms with Crippen molar-refractivity contribution in [2.45, 2.75) is 45.2 Å². The van der Waals surface area contributed by atoms with Gasteiger partial charge in [-0.15, -0.1) is 0 Å². The van der Waals surface area contributed by atoms with Crippen molar-refractivity contribution < 1.29 is 4.79 Å². The number of hydrogen-bond donors (Lipinski definition) is 2. The first-order chi connectivity index (χ1) is 8.52. The van der Waals surface area contributed by atoms with E-state index in [-0.39, 0.29) is 18.0 Å². The van der Waals surface area contributed by atoms with Crippen molar-refractivity contribution in [3.8, 4) is 0 Å². The zero-order chi connectivity index (χ0) is 13.5. The second-order valence-corrected chi connectivity index (χ2v) is 5.51. The number of amides is 1. The number of carbonyl (C=O) groups excluding carboxylic acids is 1. The first-order valence-corrected chi connectivity index (χ1v) is 7.12. The van der Waals surface area contributed by atoms with Crippen LogP contribution in [0.2, 0.25) is 0 Å². The lowest BCUT2D eigenvalue weighted by atomic mass is 10.0. The summed E-state index contributed by atoms with van der Waals surface area (Å²) in [6.07, 6.45) is 2.10. The average Bonchev–Trinajstić information content (AvgIpc) is 2.34. The van der Waals surface area contributed by atoms with Crippen LogP contribution in [0.1, 0.15) is 44.7 Å². The maximum absolute atomic E-state index is 11.8. The highest BCUT2D eigenvalue weighted by atomic mass is 79.9. The van der Waals surface area contributed by atoms with Crippen LogP contribution in [0.25, 0.3) is 0 Å². The van der Waals surface area contributed by atoms with Gasteiger partial charge in [-0.05, 0) is 37.5 Å². The van der Waals surface area contributed by atoms with Crippen LogP contribution in [0.5, 0.6) is 0 Å². The monoisotopic (exact) mass is 312 g/mol. The zero-order valence-electron chi connectivity index (χ0n) is 10.9. The number of rotatable bonds is 6. The Hall–Kier alpha value is -0.870. The molecule has 0 aliphatic carbocycles. The van der Waals surface area contributed by atoms with Gasteiger partial charge in [0, 0.05) is 16.9 Å². The van der Waals surface area contributed by atoms with Gasteiger partial charge < -0.3 is 11.1 Å².